The predicted molar refractivity (Wildman–Crippen MR) is 147 cm³/mol. The van der Waals surface area contributed by atoms with Gasteiger partial charge in [0, 0.05) is 70.9 Å². The summed E-state index contributed by atoms with van der Waals surface area (Å²) < 4.78 is 5.48. The van der Waals surface area contributed by atoms with Gasteiger partial charge in [0.25, 0.3) is 5.91 Å². The van der Waals surface area contributed by atoms with Crippen molar-refractivity contribution in [3.63, 3.8) is 0 Å². The van der Waals surface area contributed by atoms with Gasteiger partial charge in [-0.05, 0) is 29.3 Å². The Bertz CT molecular complexity index is 1290. The first-order valence-electron chi connectivity index (χ1n) is 12.0. The molecule has 192 valence electrons. The molecule has 0 radical (unpaired) electrons. The molecule has 0 atom stereocenters. The molecule has 9 heteroatoms. The lowest BCUT2D eigenvalue weighted by molar-refractivity contribution is 0.0827. The highest BCUT2D eigenvalue weighted by Crippen LogP contribution is 2.29. The summed E-state index contributed by atoms with van der Waals surface area (Å²) in [7, 11) is 5.10. The quantitative estimate of drug-likeness (QED) is 0.444. The zero-order chi connectivity index (χ0) is 26.4. The minimum atomic E-state index is -0.310. The standard InChI is InChI=1S/C28H30ClN5O3/c1-30-17-23-15-22(21-9-10-24(25(29)16-21)27(35)32(2)3)18-31-26(23)33-11-13-34(14-12-33)28(36)37-19-20-7-5-4-6-8-20/h4-10,15-18H,11-14,19H2,1-3H3/b30-17+. The van der Waals surface area contributed by atoms with Crippen LogP contribution in [0.5, 0.6) is 0 Å². The molecule has 2 aromatic carbocycles. The van der Waals surface area contributed by atoms with Gasteiger partial charge < -0.3 is 19.4 Å². The Morgan fingerprint density at radius 1 is 1.05 bits per heavy atom. The van der Waals surface area contributed by atoms with Gasteiger partial charge in [-0.15, -0.1) is 0 Å². The second kappa shape index (κ2) is 11.9. The second-order valence-electron chi connectivity index (χ2n) is 8.93. The molecule has 2 heterocycles. The van der Waals surface area contributed by atoms with Crippen molar-refractivity contribution in [1.29, 1.82) is 0 Å². The molecule has 1 aromatic heterocycles. The van der Waals surface area contributed by atoms with Crippen LogP contribution in [0.4, 0.5) is 10.6 Å². The number of carbonyl (C=O) groups excluding carboxylic acids is 2. The van der Waals surface area contributed by atoms with Crippen molar-refractivity contribution in [2.24, 2.45) is 4.99 Å². The molecule has 0 spiro atoms. The fourth-order valence-corrected chi connectivity index (χ4v) is 4.41. The van der Waals surface area contributed by atoms with Gasteiger partial charge in [0.05, 0.1) is 10.6 Å². The van der Waals surface area contributed by atoms with E-state index in [1.54, 1.807) is 50.6 Å². The van der Waals surface area contributed by atoms with E-state index in [9.17, 15) is 9.59 Å². The molecule has 1 aliphatic rings. The Labute approximate surface area is 222 Å². The third-order valence-corrected chi connectivity index (χ3v) is 6.46. The van der Waals surface area contributed by atoms with Crippen LogP contribution in [-0.2, 0) is 11.3 Å². The highest BCUT2D eigenvalue weighted by atomic mass is 35.5. The number of amides is 2. The van der Waals surface area contributed by atoms with Crippen LogP contribution in [0.2, 0.25) is 5.02 Å². The van der Waals surface area contributed by atoms with Crippen molar-refractivity contribution in [3.8, 4) is 11.1 Å². The minimum absolute atomic E-state index is 0.146. The van der Waals surface area contributed by atoms with Crippen molar-refractivity contribution in [2.75, 3.05) is 52.2 Å². The zero-order valence-electron chi connectivity index (χ0n) is 21.2. The molecular formula is C28H30ClN5O3. The maximum Gasteiger partial charge on any atom is 0.410 e. The molecule has 1 saturated heterocycles. The van der Waals surface area contributed by atoms with Crippen LogP contribution in [0.1, 0.15) is 21.5 Å². The second-order valence-corrected chi connectivity index (χ2v) is 9.34. The number of aliphatic imine (C=N–C) groups is 1. The van der Waals surface area contributed by atoms with Gasteiger partial charge in [0.1, 0.15) is 12.4 Å². The molecule has 0 N–H and O–H groups in total. The first-order chi connectivity index (χ1) is 17.9. The van der Waals surface area contributed by atoms with Crippen LogP contribution in [0.15, 0.2) is 65.8 Å². The van der Waals surface area contributed by atoms with Gasteiger partial charge in [-0.1, -0.05) is 48.0 Å². The summed E-state index contributed by atoms with van der Waals surface area (Å²) in [6.45, 7) is 2.59. The van der Waals surface area contributed by atoms with Gasteiger partial charge in [0.15, 0.2) is 0 Å². The largest absolute Gasteiger partial charge is 0.445 e. The molecule has 2 amide bonds. The van der Waals surface area contributed by atoms with Crippen molar-refractivity contribution in [1.82, 2.24) is 14.8 Å². The average Bonchev–Trinajstić information content (AvgIpc) is 2.92. The molecule has 4 rings (SSSR count). The minimum Gasteiger partial charge on any atom is -0.445 e. The maximum absolute atomic E-state index is 12.5. The van der Waals surface area contributed by atoms with E-state index in [0.29, 0.717) is 36.8 Å². The lowest BCUT2D eigenvalue weighted by atomic mass is 10.0. The Morgan fingerprint density at radius 3 is 2.43 bits per heavy atom. The topological polar surface area (TPSA) is 78.3 Å². The van der Waals surface area contributed by atoms with Crippen LogP contribution in [0.3, 0.4) is 0 Å². The number of ether oxygens (including phenoxy) is 1. The molecule has 8 nitrogen and oxygen atoms in total. The van der Waals surface area contributed by atoms with Crippen molar-refractivity contribution >= 4 is 35.6 Å². The Kier molecular flexibility index (Phi) is 8.40. The van der Waals surface area contributed by atoms with Crippen molar-refractivity contribution in [3.05, 3.63) is 82.5 Å². The summed E-state index contributed by atoms with van der Waals surface area (Å²) in [5.74, 6) is 0.657. The monoisotopic (exact) mass is 519 g/mol. The first-order valence-corrected chi connectivity index (χ1v) is 12.4. The van der Waals surface area contributed by atoms with E-state index in [4.69, 9.17) is 21.3 Å². The number of nitrogens with zero attached hydrogens (tertiary/aromatic N) is 5. The third-order valence-electron chi connectivity index (χ3n) is 6.14. The lowest BCUT2D eigenvalue weighted by Crippen LogP contribution is -2.49. The number of carbonyl (C=O) groups is 2. The average molecular weight is 520 g/mol. The van der Waals surface area contributed by atoms with Gasteiger partial charge >= 0.3 is 6.09 Å². The number of benzene rings is 2. The number of hydrogen-bond donors (Lipinski definition) is 0. The molecule has 1 aliphatic heterocycles. The van der Waals surface area contributed by atoms with Gasteiger partial charge in [-0.25, -0.2) is 9.78 Å². The van der Waals surface area contributed by atoms with E-state index in [-0.39, 0.29) is 18.6 Å². The Balaban J connectivity index is 1.45. The van der Waals surface area contributed by atoms with Crippen LogP contribution in [0, 0.1) is 0 Å². The maximum atomic E-state index is 12.5. The number of aromatic nitrogens is 1. The number of pyridine rings is 1. The van der Waals surface area contributed by atoms with E-state index in [1.165, 1.54) is 4.90 Å². The predicted octanol–water partition coefficient (Wildman–Crippen LogP) is 4.61. The summed E-state index contributed by atoms with van der Waals surface area (Å²) >= 11 is 6.42. The normalized spacial score (nSPS) is 13.6. The van der Waals surface area contributed by atoms with Crippen LogP contribution in [0.25, 0.3) is 11.1 Å². The molecule has 1 fully saturated rings. The van der Waals surface area contributed by atoms with E-state index in [2.05, 4.69) is 9.89 Å². The van der Waals surface area contributed by atoms with Crippen molar-refractivity contribution < 1.29 is 14.3 Å². The van der Waals surface area contributed by atoms with Gasteiger partial charge in [-0.2, -0.15) is 0 Å². The SMILES string of the molecule is C/N=C/c1cc(-c2ccc(C(=O)N(C)C)c(Cl)c2)cnc1N1CCN(C(=O)OCc2ccccc2)CC1. The Hall–Kier alpha value is -3.91. The number of halogens is 1. The summed E-state index contributed by atoms with van der Waals surface area (Å²) in [4.78, 5) is 39.2. The fraction of sp³-hybridized carbons (Fsp3) is 0.286. The highest BCUT2D eigenvalue weighted by Gasteiger charge is 2.24. The number of rotatable bonds is 6. The first kappa shape index (κ1) is 26.2. The molecule has 0 saturated carbocycles. The molecule has 3 aromatic rings. The summed E-state index contributed by atoms with van der Waals surface area (Å²) in [6, 6.07) is 17.0. The summed E-state index contributed by atoms with van der Waals surface area (Å²) in [5.41, 5.74) is 4.01. The third kappa shape index (κ3) is 6.27. The molecular weight excluding hydrogens is 490 g/mol. The highest BCUT2D eigenvalue weighted by molar-refractivity contribution is 6.34. The number of hydrogen-bond acceptors (Lipinski definition) is 6. The van der Waals surface area contributed by atoms with Gasteiger partial charge in [0.2, 0.25) is 0 Å². The number of anilines is 1. The van der Waals surface area contributed by atoms with Crippen LogP contribution < -0.4 is 4.90 Å². The summed E-state index contributed by atoms with van der Waals surface area (Å²) in [5, 5.41) is 0.390. The van der Waals surface area contributed by atoms with E-state index in [1.807, 2.05) is 42.5 Å². The lowest BCUT2D eigenvalue weighted by Gasteiger charge is -2.35. The van der Waals surface area contributed by atoms with E-state index in [0.717, 1.165) is 28.1 Å². The van der Waals surface area contributed by atoms with Crippen molar-refractivity contribution in [2.45, 2.75) is 6.61 Å². The summed E-state index contributed by atoms with van der Waals surface area (Å²) in [6.07, 6.45) is 3.26. The smallest absolute Gasteiger partial charge is 0.410 e. The van der Waals surface area contributed by atoms with Crippen LogP contribution >= 0.6 is 11.6 Å². The van der Waals surface area contributed by atoms with E-state index >= 15 is 0 Å². The fourth-order valence-electron chi connectivity index (χ4n) is 4.15. The molecule has 37 heavy (non-hydrogen) atoms. The Morgan fingerprint density at radius 2 is 1.78 bits per heavy atom. The molecule has 0 bridgehead atoms. The van der Waals surface area contributed by atoms with Crippen LogP contribution in [-0.4, -0.2) is 80.3 Å². The zero-order valence-corrected chi connectivity index (χ0v) is 22.0. The molecule has 0 unspecified atom stereocenters. The van der Waals surface area contributed by atoms with E-state index < -0.39 is 0 Å². The number of piperazine rings is 1. The molecule has 0 aliphatic carbocycles. The van der Waals surface area contributed by atoms with Gasteiger partial charge in [-0.3, -0.25) is 9.79 Å².